The summed E-state index contributed by atoms with van der Waals surface area (Å²) in [5, 5.41) is 8.01. The maximum absolute atomic E-state index is 14.5. The van der Waals surface area contributed by atoms with E-state index in [1.165, 1.54) is 4.68 Å². The molecule has 0 aliphatic carbocycles. The van der Waals surface area contributed by atoms with Crippen LogP contribution in [0.5, 0.6) is 5.88 Å². The Balaban J connectivity index is 1.29. The fraction of sp³-hybridized carbons (Fsp3) is 0.667. The SMILES string of the molecule is CC(C)C1CC(S(=O)(=O)CCCCCCCCCc2c(S(F)(F)F)nn(-c3cc4ccccc4[nH]3)c2OCCCCCCCCCC(F)F)=NO1. The smallest absolute Gasteiger partial charge is 0.257 e. The Morgan fingerprint density at radius 1 is 0.902 bits per heavy atom. The molecule has 0 amide bonds. The lowest BCUT2D eigenvalue weighted by molar-refractivity contribution is 0.0521. The first-order chi connectivity index (χ1) is 24.4. The van der Waals surface area contributed by atoms with Gasteiger partial charge >= 0.3 is 0 Å². The van der Waals surface area contributed by atoms with Gasteiger partial charge in [0.2, 0.25) is 12.3 Å². The number of nitrogens with one attached hydrogen (secondary N) is 1. The molecule has 0 saturated carbocycles. The number of aromatic nitrogens is 3. The molecule has 3 heterocycles. The number of halogens is 5. The van der Waals surface area contributed by atoms with E-state index < -0.39 is 32.5 Å². The number of nitrogens with zero attached hydrogens (tertiary/aromatic N) is 3. The number of sulfone groups is 1. The first-order valence-electron chi connectivity index (χ1n) is 18.4. The van der Waals surface area contributed by atoms with Gasteiger partial charge in [0.25, 0.3) is 11.2 Å². The Labute approximate surface area is 301 Å². The molecule has 0 spiro atoms. The number of ether oxygens (including phenoxy) is 1. The van der Waals surface area contributed by atoms with Crippen LogP contribution in [0.1, 0.15) is 122 Å². The molecule has 15 heteroatoms. The molecule has 0 fully saturated rings. The molecule has 3 aromatic rings. The number of para-hydroxylation sites is 1. The highest BCUT2D eigenvalue weighted by molar-refractivity contribution is 8.20. The quantitative estimate of drug-likeness (QED) is 0.0723. The average Bonchev–Trinajstić information content (AvgIpc) is 3.82. The standard InChI is InChI=1S/C36H53F5N4O4S2/c1-27(2)31-26-34(44-49-31)50(46,47)24-18-12-8-4-5-9-13-20-29-35(51(39,40)41)43-45(33-25-28-19-15-16-21-30(28)42-33)36(29)48-23-17-11-7-3-6-10-14-22-32(37)38/h15-16,19,21,25,27,31-32,42H,3-14,17-18,20,22-24,26H2,1-2H3. The minimum absolute atomic E-state index is 0.0370. The van der Waals surface area contributed by atoms with E-state index in [9.17, 15) is 28.9 Å². The van der Waals surface area contributed by atoms with Gasteiger partial charge < -0.3 is 14.6 Å². The van der Waals surface area contributed by atoms with Gasteiger partial charge in [0.1, 0.15) is 11.9 Å². The summed E-state index contributed by atoms with van der Waals surface area (Å²) in [4.78, 5) is 8.45. The van der Waals surface area contributed by atoms with Crippen molar-refractivity contribution in [2.45, 2.75) is 141 Å². The summed E-state index contributed by atoms with van der Waals surface area (Å²) in [5.74, 6) is 0.742. The van der Waals surface area contributed by atoms with Crippen LogP contribution in [-0.2, 0) is 21.1 Å². The Hall–Kier alpha value is -2.81. The number of hydrogen-bond donors (Lipinski definition) is 1. The first kappa shape index (κ1) is 41.0. The summed E-state index contributed by atoms with van der Waals surface area (Å²) in [7, 11) is -3.43. The number of hydrogen-bond acceptors (Lipinski definition) is 6. The highest BCUT2D eigenvalue weighted by Crippen LogP contribution is 2.62. The molecule has 2 aromatic heterocycles. The first-order valence-corrected chi connectivity index (χ1v) is 21.3. The van der Waals surface area contributed by atoms with Gasteiger partial charge in [0, 0.05) is 23.7 Å². The van der Waals surface area contributed by atoms with Crippen LogP contribution in [0.15, 0.2) is 40.5 Å². The highest BCUT2D eigenvalue weighted by Gasteiger charge is 2.36. The van der Waals surface area contributed by atoms with E-state index in [1.807, 2.05) is 38.1 Å². The van der Waals surface area contributed by atoms with Crippen LogP contribution in [0.2, 0.25) is 0 Å². The zero-order valence-corrected chi connectivity index (χ0v) is 31.4. The molecule has 1 aliphatic heterocycles. The van der Waals surface area contributed by atoms with Crippen molar-refractivity contribution in [1.82, 2.24) is 14.8 Å². The molecular weight excluding hydrogens is 712 g/mol. The summed E-state index contributed by atoms with van der Waals surface area (Å²) in [6.07, 6.45) is 8.52. The van der Waals surface area contributed by atoms with Gasteiger partial charge in [-0.05, 0) is 50.2 Å². The number of alkyl halides is 2. The van der Waals surface area contributed by atoms with Crippen LogP contribution < -0.4 is 4.74 Å². The van der Waals surface area contributed by atoms with Crippen molar-refractivity contribution in [2.24, 2.45) is 11.1 Å². The molecule has 1 unspecified atom stereocenters. The second-order valence-electron chi connectivity index (χ2n) is 13.8. The van der Waals surface area contributed by atoms with Gasteiger partial charge in [-0.2, -0.15) is 9.78 Å². The van der Waals surface area contributed by atoms with Gasteiger partial charge in [-0.1, -0.05) is 101 Å². The monoisotopic (exact) mass is 764 g/mol. The molecule has 0 saturated heterocycles. The number of aromatic amines is 1. The lowest BCUT2D eigenvalue weighted by Crippen LogP contribution is -2.21. The highest BCUT2D eigenvalue weighted by atomic mass is 32.3. The molecule has 51 heavy (non-hydrogen) atoms. The maximum atomic E-state index is 14.5. The van der Waals surface area contributed by atoms with Gasteiger partial charge in [-0.3, -0.25) is 0 Å². The predicted octanol–water partition coefficient (Wildman–Crippen LogP) is 11.4. The lowest BCUT2D eigenvalue weighted by atomic mass is 10.1. The van der Waals surface area contributed by atoms with Gasteiger partial charge in [0.05, 0.1) is 17.9 Å². The van der Waals surface area contributed by atoms with Gasteiger partial charge in [-0.25, -0.2) is 17.2 Å². The molecule has 1 N–H and O–H groups in total. The van der Waals surface area contributed by atoms with Crippen molar-refractivity contribution >= 4 is 37.0 Å². The van der Waals surface area contributed by atoms with Gasteiger partial charge in [0.15, 0.2) is 19.9 Å². The van der Waals surface area contributed by atoms with Crippen molar-refractivity contribution in [3.05, 3.63) is 35.9 Å². The van der Waals surface area contributed by atoms with Crippen molar-refractivity contribution in [2.75, 3.05) is 12.4 Å². The Kier molecular flexibility index (Phi) is 16.0. The molecule has 1 atom stereocenters. The third kappa shape index (κ3) is 12.7. The molecule has 288 valence electrons. The fourth-order valence-electron chi connectivity index (χ4n) is 6.26. The average molecular weight is 765 g/mol. The van der Waals surface area contributed by atoms with E-state index in [0.29, 0.717) is 37.9 Å². The number of fused-ring (bicyclic) bond motifs is 1. The Morgan fingerprint density at radius 2 is 1.53 bits per heavy atom. The summed E-state index contributed by atoms with van der Waals surface area (Å²) < 4.78 is 101. The van der Waals surface area contributed by atoms with Crippen LogP contribution in [0.25, 0.3) is 16.7 Å². The van der Waals surface area contributed by atoms with Crippen LogP contribution in [0.4, 0.5) is 20.4 Å². The zero-order valence-electron chi connectivity index (χ0n) is 29.7. The van der Waals surface area contributed by atoms with E-state index in [2.05, 4.69) is 15.2 Å². The molecular formula is C36H53F5N4O4S2. The van der Waals surface area contributed by atoms with E-state index in [-0.39, 0.29) is 53.7 Å². The van der Waals surface area contributed by atoms with E-state index in [1.54, 1.807) is 6.07 Å². The molecule has 1 aliphatic rings. The number of oxime groups is 1. The normalized spacial score (nSPS) is 15.6. The molecule has 1 aromatic carbocycles. The molecule has 0 bridgehead atoms. The van der Waals surface area contributed by atoms with Crippen LogP contribution >= 0.6 is 11.2 Å². The minimum atomic E-state index is -5.65. The Morgan fingerprint density at radius 3 is 2.16 bits per heavy atom. The van der Waals surface area contributed by atoms with E-state index >= 15 is 0 Å². The zero-order chi connectivity index (χ0) is 36.9. The van der Waals surface area contributed by atoms with Crippen LogP contribution in [0, 0.1) is 5.92 Å². The van der Waals surface area contributed by atoms with Crippen LogP contribution in [-0.4, -0.2) is 53.1 Å². The number of H-pyrrole nitrogens is 1. The number of unbranched alkanes of at least 4 members (excludes halogenated alkanes) is 12. The largest absolute Gasteiger partial charge is 0.477 e. The van der Waals surface area contributed by atoms with Crippen molar-refractivity contribution in [1.29, 1.82) is 0 Å². The number of benzene rings is 1. The summed E-state index contributed by atoms with van der Waals surface area (Å²) in [6.45, 7) is 4.18. The van der Waals surface area contributed by atoms with Crippen LogP contribution in [0.3, 0.4) is 0 Å². The number of rotatable bonds is 24. The molecule has 0 radical (unpaired) electrons. The van der Waals surface area contributed by atoms with Crippen molar-refractivity contribution in [3.63, 3.8) is 0 Å². The second kappa shape index (κ2) is 19.9. The summed E-state index contributed by atoms with van der Waals surface area (Å²) >= 11 is -5.65. The third-order valence-corrected chi connectivity index (χ3v) is 11.8. The van der Waals surface area contributed by atoms with Gasteiger partial charge in [-0.15, -0.1) is 11.7 Å². The maximum Gasteiger partial charge on any atom is 0.257 e. The molecule has 4 rings (SSSR count). The third-order valence-electron chi connectivity index (χ3n) is 9.28. The van der Waals surface area contributed by atoms with E-state index in [0.717, 1.165) is 75.1 Å². The topological polar surface area (TPSA) is 98.6 Å². The minimum Gasteiger partial charge on any atom is -0.477 e. The summed E-state index contributed by atoms with van der Waals surface area (Å²) in [5.41, 5.74) is 0.863. The summed E-state index contributed by atoms with van der Waals surface area (Å²) in [6, 6.07) is 9.22. The lowest BCUT2D eigenvalue weighted by Gasteiger charge is -2.12. The van der Waals surface area contributed by atoms with Crippen molar-refractivity contribution in [3.8, 4) is 11.7 Å². The van der Waals surface area contributed by atoms with Crippen molar-refractivity contribution < 1.29 is 38.4 Å². The molecule has 8 nitrogen and oxygen atoms in total. The predicted molar refractivity (Wildman–Crippen MR) is 195 cm³/mol. The fourth-order valence-corrected chi connectivity index (χ4v) is 8.30. The van der Waals surface area contributed by atoms with E-state index in [4.69, 9.17) is 9.57 Å². The Bertz CT molecular complexity index is 1610. The second-order valence-corrected chi connectivity index (χ2v) is 17.1.